The fourth-order valence-electron chi connectivity index (χ4n) is 3.58. The van der Waals surface area contributed by atoms with Gasteiger partial charge in [-0.25, -0.2) is 9.78 Å². The number of carbonyl (C=O) groups excluding carboxylic acids is 2. The molecule has 0 spiro atoms. The highest BCUT2D eigenvalue weighted by Crippen LogP contribution is 2.25. The lowest BCUT2D eigenvalue weighted by molar-refractivity contribution is 0.0915. The van der Waals surface area contributed by atoms with E-state index in [-0.39, 0.29) is 18.6 Å². The standard InChI is InChI=1S/C21H22ClN3O4/c22-15-4-3-5-16(11-15)25-13-18(29-21(25)27)12-24-20(26)14-8-9-23-19(10-14)28-17-6-1-2-7-17/h3-5,8-11,17-18H,1-2,6-7,12-13H2,(H,24,26). The Kier molecular flexibility index (Phi) is 5.85. The summed E-state index contributed by atoms with van der Waals surface area (Å²) in [6.07, 6.45) is 5.22. The lowest BCUT2D eigenvalue weighted by Gasteiger charge is -2.14. The Hall–Kier alpha value is -2.80. The largest absolute Gasteiger partial charge is 0.474 e. The van der Waals surface area contributed by atoms with Gasteiger partial charge in [-0.1, -0.05) is 17.7 Å². The van der Waals surface area contributed by atoms with Gasteiger partial charge in [0.2, 0.25) is 5.88 Å². The number of carbonyl (C=O) groups is 2. The van der Waals surface area contributed by atoms with Crippen molar-refractivity contribution >= 4 is 29.3 Å². The van der Waals surface area contributed by atoms with Gasteiger partial charge in [-0.05, 0) is 49.9 Å². The minimum absolute atomic E-state index is 0.177. The van der Waals surface area contributed by atoms with Crippen molar-refractivity contribution in [3.8, 4) is 5.88 Å². The molecule has 1 saturated carbocycles. The molecular formula is C21H22ClN3O4. The zero-order chi connectivity index (χ0) is 20.2. The van der Waals surface area contributed by atoms with E-state index < -0.39 is 12.2 Å². The Morgan fingerprint density at radius 3 is 2.90 bits per heavy atom. The average molecular weight is 416 g/mol. The number of pyridine rings is 1. The normalized spacial score (nSPS) is 19.3. The van der Waals surface area contributed by atoms with Gasteiger partial charge >= 0.3 is 6.09 Å². The summed E-state index contributed by atoms with van der Waals surface area (Å²) >= 11 is 5.99. The van der Waals surface area contributed by atoms with Crippen LogP contribution in [0.1, 0.15) is 36.0 Å². The molecule has 2 fully saturated rings. The molecule has 1 saturated heterocycles. The van der Waals surface area contributed by atoms with E-state index in [1.54, 1.807) is 42.6 Å². The highest BCUT2D eigenvalue weighted by Gasteiger charge is 2.32. The van der Waals surface area contributed by atoms with Crippen molar-refractivity contribution in [1.29, 1.82) is 0 Å². The van der Waals surface area contributed by atoms with Crippen LogP contribution in [0.3, 0.4) is 0 Å². The van der Waals surface area contributed by atoms with Gasteiger partial charge in [-0.2, -0.15) is 0 Å². The third kappa shape index (κ3) is 4.79. The predicted octanol–water partition coefficient (Wildman–Crippen LogP) is 3.81. The first-order valence-electron chi connectivity index (χ1n) is 9.73. The molecule has 4 rings (SSSR count). The number of hydrogen-bond donors (Lipinski definition) is 1. The molecule has 0 bridgehead atoms. The van der Waals surface area contributed by atoms with Crippen LogP contribution in [-0.4, -0.2) is 42.3 Å². The van der Waals surface area contributed by atoms with Crippen LogP contribution in [0.25, 0.3) is 0 Å². The number of rotatable bonds is 6. The summed E-state index contributed by atoms with van der Waals surface area (Å²) in [5, 5.41) is 3.36. The van der Waals surface area contributed by atoms with Crippen LogP contribution in [0.5, 0.6) is 5.88 Å². The van der Waals surface area contributed by atoms with E-state index >= 15 is 0 Å². The zero-order valence-corrected chi connectivity index (χ0v) is 16.6. The van der Waals surface area contributed by atoms with Crippen LogP contribution in [-0.2, 0) is 4.74 Å². The number of aromatic nitrogens is 1. The van der Waals surface area contributed by atoms with E-state index in [1.165, 1.54) is 4.90 Å². The molecule has 29 heavy (non-hydrogen) atoms. The maximum atomic E-state index is 12.5. The predicted molar refractivity (Wildman–Crippen MR) is 109 cm³/mol. The molecular weight excluding hydrogens is 394 g/mol. The Morgan fingerprint density at radius 1 is 1.28 bits per heavy atom. The van der Waals surface area contributed by atoms with Gasteiger partial charge in [-0.3, -0.25) is 9.69 Å². The second kappa shape index (κ2) is 8.69. The molecule has 2 aliphatic rings. The molecule has 0 radical (unpaired) electrons. The first-order valence-corrected chi connectivity index (χ1v) is 10.1. The van der Waals surface area contributed by atoms with E-state index in [9.17, 15) is 9.59 Å². The number of nitrogens with zero attached hydrogens (tertiary/aromatic N) is 2. The number of anilines is 1. The second-order valence-corrected chi connectivity index (χ2v) is 7.65. The summed E-state index contributed by atoms with van der Waals surface area (Å²) in [5.41, 5.74) is 1.13. The van der Waals surface area contributed by atoms with Gasteiger partial charge in [0, 0.05) is 28.5 Å². The topological polar surface area (TPSA) is 80.8 Å². The SMILES string of the molecule is O=C(NCC1CN(c2cccc(Cl)c2)C(=O)O1)c1ccnc(OC2CCCC2)c1. The molecule has 1 unspecified atom stereocenters. The Morgan fingerprint density at radius 2 is 2.10 bits per heavy atom. The summed E-state index contributed by atoms with van der Waals surface area (Å²) < 4.78 is 11.2. The molecule has 2 amide bonds. The van der Waals surface area contributed by atoms with Crippen LogP contribution < -0.4 is 15.0 Å². The zero-order valence-electron chi connectivity index (χ0n) is 15.8. The Bertz CT molecular complexity index is 901. The highest BCUT2D eigenvalue weighted by molar-refractivity contribution is 6.30. The van der Waals surface area contributed by atoms with E-state index in [0.29, 0.717) is 28.7 Å². The van der Waals surface area contributed by atoms with Gasteiger partial charge in [0.15, 0.2) is 0 Å². The molecule has 1 aromatic heterocycles. The molecule has 152 valence electrons. The lowest BCUT2D eigenvalue weighted by atomic mass is 10.2. The quantitative estimate of drug-likeness (QED) is 0.775. The van der Waals surface area contributed by atoms with Gasteiger partial charge in [0.1, 0.15) is 12.2 Å². The van der Waals surface area contributed by atoms with Crippen LogP contribution in [0.2, 0.25) is 5.02 Å². The maximum Gasteiger partial charge on any atom is 0.414 e. The van der Waals surface area contributed by atoms with Crippen LogP contribution in [0.15, 0.2) is 42.6 Å². The summed E-state index contributed by atoms with van der Waals surface area (Å²) in [6, 6.07) is 10.3. The molecule has 1 aliphatic carbocycles. The molecule has 8 heteroatoms. The van der Waals surface area contributed by atoms with Crippen molar-refractivity contribution in [2.75, 3.05) is 18.0 Å². The average Bonchev–Trinajstić information content (AvgIpc) is 3.36. The van der Waals surface area contributed by atoms with E-state index in [0.717, 1.165) is 25.7 Å². The number of amides is 2. The van der Waals surface area contributed by atoms with Gasteiger partial charge in [-0.15, -0.1) is 0 Å². The summed E-state index contributed by atoms with van der Waals surface area (Å²) in [7, 11) is 0. The van der Waals surface area contributed by atoms with E-state index in [1.807, 2.05) is 0 Å². The first kappa shape index (κ1) is 19.5. The third-order valence-corrected chi connectivity index (χ3v) is 5.31. The monoisotopic (exact) mass is 415 g/mol. The Labute approximate surface area is 174 Å². The molecule has 2 heterocycles. The number of ether oxygens (including phenoxy) is 2. The summed E-state index contributed by atoms with van der Waals surface area (Å²) in [5.74, 6) is 0.199. The highest BCUT2D eigenvalue weighted by atomic mass is 35.5. The maximum absolute atomic E-state index is 12.5. The second-order valence-electron chi connectivity index (χ2n) is 7.21. The van der Waals surface area contributed by atoms with Crippen molar-refractivity contribution in [3.05, 3.63) is 53.2 Å². The van der Waals surface area contributed by atoms with Gasteiger partial charge in [0.25, 0.3) is 5.91 Å². The Balaban J connectivity index is 1.32. The third-order valence-electron chi connectivity index (χ3n) is 5.07. The molecule has 2 aromatic rings. The van der Waals surface area contributed by atoms with E-state index in [2.05, 4.69) is 10.3 Å². The molecule has 1 N–H and O–H groups in total. The molecule has 1 atom stereocenters. The number of hydrogen-bond acceptors (Lipinski definition) is 5. The molecule has 7 nitrogen and oxygen atoms in total. The van der Waals surface area contributed by atoms with Crippen molar-refractivity contribution in [1.82, 2.24) is 10.3 Å². The molecule has 1 aromatic carbocycles. The van der Waals surface area contributed by atoms with Crippen LogP contribution >= 0.6 is 11.6 Å². The van der Waals surface area contributed by atoms with Crippen LogP contribution in [0.4, 0.5) is 10.5 Å². The number of nitrogens with one attached hydrogen (secondary N) is 1. The molecule has 1 aliphatic heterocycles. The number of cyclic esters (lactones) is 1. The summed E-state index contributed by atoms with van der Waals surface area (Å²) in [4.78, 5) is 30.3. The van der Waals surface area contributed by atoms with Crippen molar-refractivity contribution < 1.29 is 19.1 Å². The fourth-order valence-corrected chi connectivity index (χ4v) is 3.77. The van der Waals surface area contributed by atoms with Crippen molar-refractivity contribution in [2.24, 2.45) is 0 Å². The smallest absolute Gasteiger partial charge is 0.414 e. The first-order chi connectivity index (χ1) is 14.1. The minimum atomic E-state index is -0.456. The number of halogens is 1. The van der Waals surface area contributed by atoms with Gasteiger partial charge in [0.05, 0.1) is 13.1 Å². The van der Waals surface area contributed by atoms with E-state index in [4.69, 9.17) is 21.1 Å². The van der Waals surface area contributed by atoms with Gasteiger partial charge < -0.3 is 14.8 Å². The van der Waals surface area contributed by atoms with Crippen molar-refractivity contribution in [3.63, 3.8) is 0 Å². The van der Waals surface area contributed by atoms with Crippen LogP contribution in [0, 0.1) is 0 Å². The minimum Gasteiger partial charge on any atom is -0.474 e. The lowest BCUT2D eigenvalue weighted by Crippen LogP contribution is -2.34. The summed E-state index contributed by atoms with van der Waals surface area (Å²) in [6.45, 7) is 0.550. The van der Waals surface area contributed by atoms with Crippen molar-refractivity contribution in [2.45, 2.75) is 37.9 Å². The number of benzene rings is 1. The fraction of sp³-hybridized carbons (Fsp3) is 0.381.